The molecule has 41 heavy (non-hydrogen) atoms. The molecule has 0 fully saturated rings. The molecule has 3 aromatic carbocycles. The molecule has 13 nitrogen and oxygen atoms in total. The van der Waals surface area contributed by atoms with Crippen molar-refractivity contribution in [2.75, 3.05) is 0 Å². The average molecular weight is 556 g/mol. The van der Waals surface area contributed by atoms with Gasteiger partial charge in [-0.1, -0.05) is 18.2 Å². The lowest BCUT2D eigenvalue weighted by Crippen LogP contribution is -2.37. The highest BCUT2D eigenvalue weighted by Crippen LogP contribution is 2.61. The SMILES string of the molecule is O=CC(=O)c1c(O)ccc2c1Oc1c(C(=O)C=O)c(O)c(C(=O)C=O)c(C(=O)C=O)c1C21OC(=O)c2ccccc21. The molecule has 2 aliphatic rings. The molecule has 202 valence electrons. The molecule has 3 aromatic rings. The molecule has 0 radical (unpaired) electrons. The van der Waals surface area contributed by atoms with Crippen LogP contribution in [0.2, 0.25) is 0 Å². The van der Waals surface area contributed by atoms with E-state index in [0.717, 1.165) is 12.1 Å². The van der Waals surface area contributed by atoms with Crippen LogP contribution in [-0.2, 0) is 29.5 Å². The quantitative estimate of drug-likeness (QED) is 0.173. The third-order valence-electron chi connectivity index (χ3n) is 6.68. The maximum atomic E-state index is 13.2. The molecule has 2 aliphatic heterocycles. The lowest BCUT2D eigenvalue weighted by Gasteiger charge is -2.39. The van der Waals surface area contributed by atoms with Crippen LogP contribution >= 0.6 is 0 Å². The van der Waals surface area contributed by atoms with Gasteiger partial charge in [-0.25, -0.2) is 4.79 Å². The molecule has 2 heterocycles. The van der Waals surface area contributed by atoms with Crippen molar-refractivity contribution < 1.29 is 62.8 Å². The first-order valence-electron chi connectivity index (χ1n) is 11.4. The number of esters is 1. The summed E-state index contributed by atoms with van der Waals surface area (Å²) in [5, 5.41) is 21.5. The molecule has 13 heteroatoms. The number of fused-ring (bicyclic) bond motifs is 6. The van der Waals surface area contributed by atoms with E-state index in [0.29, 0.717) is 0 Å². The van der Waals surface area contributed by atoms with Crippen molar-refractivity contribution in [3.63, 3.8) is 0 Å². The summed E-state index contributed by atoms with van der Waals surface area (Å²) in [5.74, 6) is -10.9. The van der Waals surface area contributed by atoms with E-state index in [1.54, 1.807) is 0 Å². The van der Waals surface area contributed by atoms with Crippen LogP contribution in [0.4, 0.5) is 0 Å². The predicted octanol–water partition coefficient (Wildman–Crippen LogP) is 1.19. The van der Waals surface area contributed by atoms with Gasteiger partial charge in [0.2, 0.25) is 23.1 Å². The number of Topliss-reactive ketones (excluding diaryl/α,β-unsaturated/α-hetero) is 4. The molecular formula is C28H12O13. The molecule has 1 atom stereocenters. The van der Waals surface area contributed by atoms with Crippen molar-refractivity contribution in [2.45, 2.75) is 5.60 Å². The number of ketones is 4. The van der Waals surface area contributed by atoms with Crippen LogP contribution in [-0.4, -0.2) is 64.5 Å². The monoisotopic (exact) mass is 556 g/mol. The smallest absolute Gasteiger partial charge is 0.340 e. The van der Waals surface area contributed by atoms with Gasteiger partial charge >= 0.3 is 5.97 Å². The summed E-state index contributed by atoms with van der Waals surface area (Å²) in [6.07, 6.45) is -1.12. The van der Waals surface area contributed by atoms with Crippen molar-refractivity contribution in [3.05, 3.63) is 80.9 Å². The zero-order valence-electron chi connectivity index (χ0n) is 20.2. The van der Waals surface area contributed by atoms with E-state index in [1.807, 2.05) is 0 Å². The molecule has 0 aromatic heterocycles. The van der Waals surface area contributed by atoms with E-state index < -0.39 is 85.5 Å². The van der Waals surface area contributed by atoms with Gasteiger partial charge in [-0.3, -0.25) is 38.4 Å². The Morgan fingerprint density at radius 1 is 0.659 bits per heavy atom. The molecule has 5 rings (SSSR count). The summed E-state index contributed by atoms with van der Waals surface area (Å²) in [4.78, 5) is 111. The Hall–Kier alpha value is -6.11. The molecular weight excluding hydrogens is 544 g/mol. The van der Waals surface area contributed by atoms with E-state index in [9.17, 15) is 53.4 Å². The second-order valence-corrected chi connectivity index (χ2v) is 8.66. The van der Waals surface area contributed by atoms with E-state index >= 15 is 0 Å². The number of rotatable bonds is 8. The van der Waals surface area contributed by atoms with Gasteiger partial charge in [0.25, 0.3) is 0 Å². The normalized spacial score (nSPS) is 15.9. The maximum Gasteiger partial charge on any atom is 0.340 e. The van der Waals surface area contributed by atoms with Gasteiger partial charge in [-0.05, 0) is 18.2 Å². The Labute approximate surface area is 226 Å². The van der Waals surface area contributed by atoms with Crippen LogP contribution in [0.25, 0.3) is 0 Å². The topological polar surface area (TPSA) is 213 Å². The van der Waals surface area contributed by atoms with Crippen molar-refractivity contribution in [2.24, 2.45) is 0 Å². The highest BCUT2D eigenvalue weighted by molar-refractivity contribution is 6.44. The van der Waals surface area contributed by atoms with Gasteiger partial charge in [0.05, 0.1) is 22.3 Å². The zero-order chi connectivity index (χ0) is 29.8. The van der Waals surface area contributed by atoms with Gasteiger partial charge in [0, 0.05) is 11.1 Å². The Balaban J connectivity index is 2.14. The number of ether oxygens (including phenoxy) is 2. The summed E-state index contributed by atoms with van der Waals surface area (Å²) in [5.41, 5.74) is -7.81. The van der Waals surface area contributed by atoms with E-state index in [4.69, 9.17) is 9.47 Å². The second kappa shape index (κ2) is 9.27. The molecule has 0 saturated carbocycles. The molecule has 1 unspecified atom stereocenters. The van der Waals surface area contributed by atoms with Crippen molar-refractivity contribution in [1.29, 1.82) is 0 Å². The van der Waals surface area contributed by atoms with Crippen LogP contribution in [0.1, 0.15) is 68.5 Å². The van der Waals surface area contributed by atoms with E-state index in [-0.39, 0.29) is 41.8 Å². The van der Waals surface area contributed by atoms with Crippen molar-refractivity contribution in [3.8, 4) is 23.0 Å². The fraction of sp³-hybridized carbons (Fsp3) is 0.0357. The number of carbonyl (C=O) groups excluding carboxylic acids is 9. The summed E-state index contributed by atoms with van der Waals surface area (Å²) < 4.78 is 11.5. The summed E-state index contributed by atoms with van der Waals surface area (Å²) >= 11 is 0. The minimum atomic E-state index is -2.46. The number of hydrogen-bond acceptors (Lipinski definition) is 13. The number of carbonyl (C=O) groups is 9. The minimum Gasteiger partial charge on any atom is -0.507 e. The fourth-order valence-electron chi connectivity index (χ4n) is 5.14. The lowest BCUT2D eigenvalue weighted by molar-refractivity contribution is -0.105. The summed E-state index contributed by atoms with van der Waals surface area (Å²) in [6, 6.07) is 7.49. The van der Waals surface area contributed by atoms with Crippen LogP contribution in [0, 0.1) is 0 Å². The van der Waals surface area contributed by atoms with Gasteiger partial charge in [-0.2, -0.15) is 0 Å². The van der Waals surface area contributed by atoms with Crippen molar-refractivity contribution in [1.82, 2.24) is 0 Å². The Bertz CT molecular complexity index is 1830. The molecule has 1 spiro atoms. The number of hydrogen-bond donors (Lipinski definition) is 2. The number of phenols is 2. The summed E-state index contributed by atoms with van der Waals surface area (Å²) in [7, 11) is 0. The third-order valence-corrected chi connectivity index (χ3v) is 6.68. The van der Waals surface area contributed by atoms with Crippen LogP contribution in [0.15, 0.2) is 36.4 Å². The molecule has 0 bridgehead atoms. The molecule has 0 saturated heterocycles. The van der Waals surface area contributed by atoms with Gasteiger partial charge in [0.15, 0.2) is 36.5 Å². The van der Waals surface area contributed by atoms with Gasteiger partial charge in [-0.15, -0.1) is 0 Å². The molecule has 0 amide bonds. The molecule has 2 N–H and O–H groups in total. The first-order chi connectivity index (χ1) is 19.6. The first-order valence-corrected chi connectivity index (χ1v) is 11.4. The van der Waals surface area contributed by atoms with Crippen LogP contribution in [0.5, 0.6) is 23.0 Å². The average Bonchev–Trinajstić information content (AvgIpc) is 3.27. The zero-order valence-corrected chi connectivity index (χ0v) is 20.2. The highest BCUT2D eigenvalue weighted by atomic mass is 16.6. The predicted molar refractivity (Wildman–Crippen MR) is 130 cm³/mol. The number of benzene rings is 3. The lowest BCUT2D eigenvalue weighted by atomic mass is 9.72. The summed E-state index contributed by atoms with van der Waals surface area (Å²) in [6.45, 7) is 0. The number of aldehydes is 4. The largest absolute Gasteiger partial charge is 0.507 e. The first kappa shape index (κ1) is 26.5. The van der Waals surface area contributed by atoms with Crippen LogP contribution < -0.4 is 4.74 Å². The standard InChI is InChI=1S/C28H12O13/c29-7-15(34)19-14(33)6-5-13-25(19)40-26-22(18(37)10-32)24(38)21(17(36)9-31)20(16(35)8-30)23(26)28(13)12-4-2-1-3-11(12)27(39)41-28/h1-10,33,38H. The van der Waals surface area contributed by atoms with E-state index in [2.05, 4.69) is 0 Å². The Morgan fingerprint density at radius 2 is 1.22 bits per heavy atom. The minimum absolute atomic E-state index is 0.0920. The van der Waals surface area contributed by atoms with Crippen LogP contribution in [0.3, 0.4) is 0 Å². The third kappa shape index (κ3) is 3.39. The Kier molecular flexibility index (Phi) is 5.99. The molecule has 0 aliphatic carbocycles. The van der Waals surface area contributed by atoms with Crippen molar-refractivity contribution >= 4 is 54.2 Å². The fourth-order valence-corrected chi connectivity index (χ4v) is 5.14. The van der Waals surface area contributed by atoms with Gasteiger partial charge < -0.3 is 19.7 Å². The van der Waals surface area contributed by atoms with Gasteiger partial charge in [0.1, 0.15) is 28.4 Å². The van der Waals surface area contributed by atoms with E-state index in [1.165, 1.54) is 24.3 Å². The highest BCUT2D eigenvalue weighted by Gasteiger charge is 2.58. The number of phenolic OH excluding ortho intramolecular Hbond substituents is 2. The maximum absolute atomic E-state index is 13.2. The second-order valence-electron chi connectivity index (χ2n) is 8.66. The Morgan fingerprint density at radius 3 is 1.85 bits per heavy atom. The number of aromatic hydroxyl groups is 2.